The number of nitrogens with one attached hydrogen (secondary N) is 2. The number of carbonyl (C=O) groups excluding carboxylic acids is 1. The van der Waals surface area contributed by atoms with Gasteiger partial charge in [-0.3, -0.25) is 24.5 Å². The van der Waals surface area contributed by atoms with Crippen LogP contribution in [0.3, 0.4) is 0 Å². The maximum atomic E-state index is 13.3. The average Bonchev–Trinajstić information content (AvgIpc) is 3.41. The summed E-state index contributed by atoms with van der Waals surface area (Å²) in [6.45, 7) is 2.53. The number of amides is 1. The van der Waals surface area contributed by atoms with E-state index in [0.717, 1.165) is 17.7 Å². The number of fused-ring (bicyclic) bond motifs is 1. The number of H-pyrrole nitrogens is 1. The van der Waals surface area contributed by atoms with Gasteiger partial charge in [0.05, 0.1) is 17.4 Å². The smallest absolute Gasteiger partial charge is 0.404 e. The number of ether oxygens (including phenoxy) is 1. The van der Waals surface area contributed by atoms with Crippen molar-refractivity contribution >= 4 is 32.5 Å². The SMILES string of the molecule is O=C(c1ccc(NS(=O)(=O)c2cccc3cccnc23)c(OC(F)(F)F)c1)N1CCN(Cc2cn[nH]c2)CC1. The molecule has 0 aliphatic carbocycles. The van der Waals surface area contributed by atoms with Crippen LogP contribution >= 0.6 is 0 Å². The molecular formula is C25H23F3N6O4S. The minimum atomic E-state index is -5.12. The van der Waals surface area contributed by atoms with Gasteiger partial charge in [-0.2, -0.15) is 5.10 Å². The first-order chi connectivity index (χ1) is 18.6. The average molecular weight is 561 g/mol. The first kappa shape index (κ1) is 26.4. The Bertz CT molecular complexity index is 1580. The molecule has 2 aromatic heterocycles. The molecule has 0 atom stereocenters. The van der Waals surface area contributed by atoms with E-state index in [1.165, 1.54) is 29.3 Å². The number of nitrogens with zero attached hydrogens (tertiary/aromatic N) is 4. The zero-order valence-electron chi connectivity index (χ0n) is 20.4. The van der Waals surface area contributed by atoms with E-state index in [-0.39, 0.29) is 16.0 Å². The molecule has 0 saturated carbocycles. The molecule has 2 N–H and O–H groups in total. The first-order valence-electron chi connectivity index (χ1n) is 11.8. The highest BCUT2D eigenvalue weighted by molar-refractivity contribution is 7.93. The lowest BCUT2D eigenvalue weighted by atomic mass is 10.1. The second-order valence-corrected chi connectivity index (χ2v) is 10.5. The van der Waals surface area contributed by atoms with E-state index in [2.05, 4.69) is 29.5 Å². The van der Waals surface area contributed by atoms with Gasteiger partial charge in [-0.05, 0) is 30.3 Å². The van der Waals surface area contributed by atoms with Crippen molar-refractivity contribution in [3.8, 4) is 5.75 Å². The van der Waals surface area contributed by atoms with Crippen LogP contribution in [-0.2, 0) is 16.6 Å². The maximum Gasteiger partial charge on any atom is 0.573 e. The first-order valence-corrected chi connectivity index (χ1v) is 13.3. The predicted molar refractivity (Wildman–Crippen MR) is 135 cm³/mol. The zero-order chi connectivity index (χ0) is 27.6. The number of halogens is 3. The van der Waals surface area contributed by atoms with Gasteiger partial charge in [0.25, 0.3) is 15.9 Å². The van der Waals surface area contributed by atoms with Crippen molar-refractivity contribution < 1.29 is 31.1 Å². The molecule has 2 aromatic carbocycles. The number of piperazine rings is 1. The number of aromatic nitrogens is 3. The van der Waals surface area contributed by atoms with Crippen LogP contribution in [0.2, 0.25) is 0 Å². The molecule has 10 nitrogen and oxygen atoms in total. The number of pyridine rings is 1. The van der Waals surface area contributed by atoms with Crippen LogP contribution in [0, 0.1) is 0 Å². The summed E-state index contributed by atoms with van der Waals surface area (Å²) in [7, 11) is -4.37. The van der Waals surface area contributed by atoms with Gasteiger partial charge in [0.1, 0.15) is 4.90 Å². The van der Waals surface area contributed by atoms with Crippen molar-refractivity contribution in [2.45, 2.75) is 17.8 Å². The summed E-state index contributed by atoms with van der Waals surface area (Å²) in [4.78, 5) is 20.7. The molecule has 0 unspecified atom stereocenters. The van der Waals surface area contributed by atoms with Gasteiger partial charge in [0.2, 0.25) is 0 Å². The maximum absolute atomic E-state index is 13.3. The monoisotopic (exact) mass is 560 g/mol. The largest absolute Gasteiger partial charge is 0.573 e. The van der Waals surface area contributed by atoms with Crippen molar-refractivity contribution in [2.24, 2.45) is 0 Å². The van der Waals surface area contributed by atoms with E-state index in [4.69, 9.17) is 0 Å². The summed E-state index contributed by atoms with van der Waals surface area (Å²) >= 11 is 0. The number of benzene rings is 2. The molecule has 0 spiro atoms. The standard InChI is InChI=1S/C25H23F3N6O4S/c26-25(27,28)38-21-13-19(24(35)34-11-9-33(10-12-34)16-17-14-30-31-15-17)6-7-20(21)32-39(36,37)22-5-1-3-18-4-2-8-29-23(18)22/h1-8,13-15,32H,9-12,16H2,(H,30,31). The Hall–Kier alpha value is -4.17. The highest BCUT2D eigenvalue weighted by Gasteiger charge is 2.34. The Balaban J connectivity index is 1.37. The number of rotatable bonds is 7. The van der Waals surface area contributed by atoms with Crippen LogP contribution in [0.15, 0.2) is 72.0 Å². The lowest BCUT2D eigenvalue weighted by Crippen LogP contribution is -2.48. The van der Waals surface area contributed by atoms with Crippen LogP contribution in [0.5, 0.6) is 5.75 Å². The number of sulfonamides is 1. The quantitative estimate of drug-likeness (QED) is 0.354. The molecule has 4 aromatic rings. The number of hydrogen-bond donors (Lipinski definition) is 2. The Morgan fingerprint density at radius 1 is 1.08 bits per heavy atom. The number of carbonyl (C=O) groups is 1. The Morgan fingerprint density at radius 3 is 2.56 bits per heavy atom. The molecule has 204 valence electrons. The van der Waals surface area contributed by atoms with Crippen molar-refractivity contribution in [2.75, 3.05) is 30.9 Å². The molecule has 5 rings (SSSR count). The Kier molecular flexibility index (Phi) is 7.14. The minimum Gasteiger partial charge on any atom is -0.404 e. The van der Waals surface area contributed by atoms with Crippen LogP contribution < -0.4 is 9.46 Å². The second-order valence-electron chi connectivity index (χ2n) is 8.87. The lowest BCUT2D eigenvalue weighted by Gasteiger charge is -2.34. The fraction of sp³-hybridized carbons (Fsp3) is 0.240. The fourth-order valence-electron chi connectivity index (χ4n) is 4.36. The van der Waals surface area contributed by atoms with Crippen LogP contribution in [0.1, 0.15) is 15.9 Å². The van der Waals surface area contributed by atoms with Crippen molar-refractivity contribution in [3.63, 3.8) is 0 Å². The molecule has 0 radical (unpaired) electrons. The van der Waals surface area contributed by atoms with Gasteiger partial charge in [0, 0.05) is 61.6 Å². The molecule has 1 fully saturated rings. The van der Waals surface area contributed by atoms with Gasteiger partial charge in [-0.15, -0.1) is 13.2 Å². The van der Waals surface area contributed by atoms with Crippen LogP contribution in [0.25, 0.3) is 10.9 Å². The van der Waals surface area contributed by atoms with Gasteiger partial charge in [0.15, 0.2) is 5.75 Å². The van der Waals surface area contributed by atoms with E-state index in [9.17, 15) is 26.4 Å². The van der Waals surface area contributed by atoms with Crippen LogP contribution in [0.4, 0.5) is 18.9 Å². The number of anilines is 1. The van der Waals surface area contributed by atoms with Gasteiger partial charge in [-0.25, -0.2) is 8.42 Å². The molecule has 1 saturated heterocycles. The summed E-state index contributed by atoms with van der Waals surface area (Å²) in [5, 5.41) is 7.20. The third-order valence-electron chi connectivity index (χ3n) is 6.20. The number of para-hydroxylation sites is 1. The molecule has 0 bridgehead atoms. The third-order valence-corrected chi connectivity index (χ3v) is 7.60. The number of alkyl halides is 3. The summed E-state index contributed by atoms with van der Waals surface area (Å²) in [5.74, 6) is -1.33. The predicted octanol–water partition coefficient (Wildman–Crippen LogP) is 3.62. The Morgan fingerprint density at radius 2 is 1.85 bits per heavy atom. The van der Waals surface area contributed by atoms with Gasteiger partial charge >= 0.3 is 6.36 Å². The zero-order valence-corrected chi connectivity index (χ0v) is 21.2. The lowest BCUT2D eigenvalue weighted by molar-refractivity contribution is -0.274. The fourth-order valence-corrected chi connectivity index (χ4v) is 5.61. The van der Waals surface area contributed by atoms with E-state index in [1.807, 2.05) is 0 Å². The van der Waals surface area contributed by atoms with Crippen LogP contribution in [-0.4, -0.2) is 71.8 Å². The highest BCUT2D eigenvalue weighted by Crippen LogP contribution is 2.34. The van der Waals surface area contributed by atoms with E-state index < -0.39 is 33.7 Å². The summed E-state index contributed by atoms with van der Waals surface area (Å²) < 4.78 is 72.4. The van der Waals surface area contributed by atoms with Crippen molar-refractivity contribution in [1.82, 2.24) is 25.0 Å². The van der Waals surface area contributed by atoms with E-state index in [0.29, 0.717) is 38.1 Å². The molecule has 39 heavy (non-hydrogen) atoms. The third kappa shape index (κ3) is 6.12. The summed E-state index contributed by atoms with van der Waals surface area (Å²) in [5.41, 5.74) is 0.625. The van der Waals surface area contributed by atoms with Gasteiger partial charge < -0.3 is 9.64 Å². The van der Waals surface area contributed by atoms with E-state index in [1.54, 1.807) is 30.6 Å². The summed E-state index contributed by atoms with van der Waals surface area (Å²) in [6.07, 6.45) is -0.211. The molecule has 1 aliphatic rings. The minimum absolute atomic E-state index is 0.0627. The normalized spacial score (nSPS) is 14.9. The summed E-state index contributed by atoms with van der Waals surface area (Å²) in [6, 6.07) is 11.0. The van der Waals surface area contributed by atoms with Gasteiger partial charge in [-0.1, -0.05) is 18.2 Å². The number of aromatic amines is 1. The Labute approximate surface area is 221 Å². The topological polar surface area (TPSA) is 121 Å². The second kappa shape index (κ2) is 10.5. The van der Waals surface area contributed by atoms with Crippen molar-refractivity contribution in [3.05, 3.63) is 78.2 Å². The molecular weight excluding hydrogens is 537 g/mol. The van der Waals surface area contributed by atoms with E-state index >= 15 is 0 Å². The molecule has 14 heteroatoms. The highest BCUT2D eigenvalue weighted by atomic mass is 32.2. The number of hydrogen-bond acceptors (Lipinski definition) is 7. The molecule has 1 aliphatic heterocycles. The molecule has 1 amide bonds. The molecule has 3 heterocycles. The van der Waals surface area contributed by atoms with Crippen molar-refractivity contribution in [1.29, 1.82) is 0 Å².